The van der Waals surface area contributed by atoms with Crippen LogP contribution in [-0.4, -0.2) is 23.5 Å². The van der Waals surface area contributed by atoms with Gasteiger partial charge in [-0.1, -0.05) is 6.92 Å². The molecule has 0 spiro atoms. The zero-order valence-electron chi connectivity index (χ0n) is 6.98. The predicted molar refractivity (Wildman–Crippen MR) is 39.9 cm³/mol. The third kappa shape index (κ3) is 4.17. The van der Waals surface area contributed by atoms with Crippen molar-refractivity contribution in [3.8, 4) is 0 Å². The van der Waals surface area contributed by atoms with Crippen molar-refractivity contribution < 1.29 is 54.5 Å². The molecule has 3 heteroatoms. The zero-order chi connectivity index (χ0) is 7.49. The Bertz CT molecular complexity index is 121. The molecule has 0 amide bonds. The molecule has 0 aliphatic rings. The summed E-state index contributed by atoms with van der Waals surface area (Å²) >= 11 is 0. The molecule has 0 heterocycles. The van der Waals surface area contributed by atoms with E-state index in [-0.39, 0.29) is 49.4 Å². The minimum Gasteiger partial charge on any atom is -0.384 e. The summed E-state index contributed by atoms with van der Waals surface area (Å²) in [4.78, 5) is 3.90. The first-order valence-corrected chi connectivity index (χ1v) is 3.21. The average molecular weight is 281 g/mol. The monoisotopic (exact) mass is 282 g/mol. The van der Waals surface area contributed by atoms with Crippen LogP contribution in [0.25, 0.3) is 0 Å². The van der Waals surface area contributed by atoms with E-state index in [9.17, 15) is 5.11 Å². The molecule has 1 atom stereocenters. The second-order valence-corrected chi connectivity index (χ2v) is 2.44. The van der Waals surface area contributed by atoms with Crippen LogP contribution in [0.2, 0.25) is 0 Å². The smallest absolute Gasteiger partial charge is 0.0988 e. The van der Waals surface area contributed by atoms with Crippen LogP contribution < -0.4 is 0 Å². The van der Waals surface area contributed by atoms with Crippen molar-refractivity contribution in [2.75, 3.05) is 7.05 Å². The molecule has 0 saturated heterocycles. The Morgan fingerprint density at radius 3 is 2.10 bits per heavy atom. The van der Waals surface area contributed by atoms with E-state index >= 15 is 0 Å². The van der Waals surface area contributed by atoms with Crippen molar-refractivity contribution in [2.24, 2.45) is 4.99 Å². The van der Waals surface area contributed by atoms with Gasteiger partial charge >= 0.3 is 0 Å². The third-order valence-corrected chi connectivity index (χ3v) is 1.80. The third-order valence-electron chi connectivity index (χ3n) is 1.80. The molecular weight excluding hydrogens is 266 g/mol. The minimum atomic E-state index is -0.700. The van der Waals surface area contributed by atoms with Gasteiger partial charge in [-0.15, -0.1) is 0 Å². The van der Waals surface area contributed by atoms with Crippen molar-refractivity contribution >= 4 is 5.71 Å². The van der Waals surface area contributed by atoms with Gasteiger partial charge in [0.1, 0.15) is 0 Å². The van der Waals surface area contributed by atoms with Crippen LogP contribution in [0, 0.1) is 49.4 Å². The second kappa shape index (κ2) is 5.81. The molecule has 1 unspecified atom stereocenters. The fourth-order valence-electron chi connectivity index (χ4n) is 0.497. The SMILES string of the molecule is CCC(C)(O)C(C)=NC.[Eu]. The van der Waals surface area contributed by atoms with Gasteiger partial charge in [-0.25, -0.2) is 0 Å². The van der Waals surface area contributed by atoms with E-state index in [0.717, 1.165) is 12.1 Å². The van der Waals surface area contributed by atoms with Gasteiger partial charge in [0.2, 0.25) is 0 Å². The number of aliphatic imine (C=N–C) groups is 1. The fraction of sp³-hybridized carbons (Fsp3) is 0.857. The molecule has 61 valence electrons. The first-order chi connectivity index (χ1) is 4.04. The Labute approximate surface area is 104 Å². The van der Waals surface area contributed by atoms with Crippen molar-refractivity contribution in [3.05, 3.63) is 0 Å². The summed E-state index contributed by atoms with van der Waals surface area (Å²) in [7, 11) is 1.69. The van der Waals surface area contributed by atoms with E-state index in [1.165, 1.54) is 0 Å². The first-order valence-electron chi connectivity index (χ1n) is 3.21. The maximum Gasteiger partial charge on any atom is 0.0988 e. The second-order valence-electron chi connectivity index (χ2n) is 2.44. The number of aliphatic hydroxyl groups is 1. The van der Waals surface area contributed by atoms with Crippen molar-refractivity contribution in [1.82, 2.24) is 0 Å². The summed E-state index contributed by atoms with van der Waals surface area (Å²) in [6, 6.07) is 0. The summed E-state index contributed by atoms with van der Waals surface area (Å²) < 4.78 is 0. The van der Waals surface area contributed by atoms with Crippen molar-refractivity contribution in [2.45, 2.75) is 32.8 Å². The normalized spacial score (nSPS) is 17.5. The van der Waals surface area contributed by atoms with Gasteiger partial charge in [0.15, 0.2) is 0 Å². The molecule has 0 aromatic rings. The number of rotatable bonds is 2. The molecule has 0 bridgehead atoms. The molecule has 10 heavy (non-hydrogen) atoms. The van der Waals surface area contributed by atoms with Crippen LogP contribution in [0.4, 0.5) is 0 Å². The molecule has 0 aliphatic heterocycles. The van der Waals surface area contributed by atoms with Crippen LogP contribution >= 0.6 is 0 Å². The van der Waals surface area contributed by atoms with Gasteiger partial charge in [0.05, 0.1) is 5.60 Å². The Balaban J connectivity index is 0. The Kier molecular flexibility index (Phi) is 8.01. The standard InChI is InChI=1S/C7H15NO.Eu/c1-5-7(3,9)6(2)8-4;/h9H,5H2,1-4H3;. The fourth-order valence-corrected chi connectivity index (χ4v) is 0.497. The van der Waals surface area contributed by atoms with Gasteiger partial charge < -0.3 is 5.11 Å². The molecule has 0 aromatic heterocycles. The summed E-state index contributed by atoms with van der Waals surface area (Å²) in [6.45, 7) is 5.55. The van der Waals surface area contributed by atoms with E-state index in [2.05, 4.69) is 4.99 Å². The predicted octanol–water partition coefficient (Wildman–Crippen LogP) is 1.24. The van der Waals surface area contributed by atoms with Gasteiger partial charge in [0, 0.05) is 62.1 Å². The van der Waals surface area contributed by atoms with E-state index < -0.39 is 5.60 Å². The average Bonchev–Trinajstić information content (AvgIpc) is 1.86. The Hall–Kier alpha value is 1.21. The quantitative estimate of drug-likeness (QED) is 0.759. The minimum absolute atomic E-state index is 0. The molecule has 0 aliphatic carbocycles. The van der Waals surface area contributed by atoms with E-state index in [4.69, 9.17) is 0 Å². The molecule has 0 aromatic carbocycles. The van der Waals surface area contributed by atoms with Crippen LogP contribution in [0.15, 0.2) is 4.99 Å². The number of hydrogen-bond acceptors (Lipinski definition) is 2. The summed E-state index contributed by atoms with van der Waals surface area (Å²) in [5, 5.41) is 9.46. The molecule has 2 nitrogen and oxygen atoms in total. The molecule has 1 N–H and O–H groups in total. The molecule has 0 rings (SSSR count). The molecule has 1 radical (unpaired) electrons. The van der Waals surface area contributed by atoms with Crippen molar-refractivity contribution in [3.63, 3.8) is 0 Å². The summed E-state index contributed by atoms with van der Waals surface area (Å²) in [5.74, 6) is 0. The van der Waals surface area contributed by atoms with Gasteiger partial charge in [-0.3, -0.25) is 4.99 Å². The molecule has 0 fully saturated rings. The van der Waals surface area contributed by atoms with Gasteiger partial charge in [0.25, 0.3) is 0 Å². The topological polar surface area (TPSA) is 32.6 Å². The van der Waals surface area contributed by atoms with Gasteiger partial charge in [-0.2, -0.15) is 0 Å². The summed E-state index contributed by atoms with van der Waals surface area (Å²) in [5.41, 5.74) is 0.0966. The van der Waals surface area contributed by atoms with Gasteiger partial charge in [-0.05, 0) is 20.3 Å². The van der Waals surface area contributed by atoms with E-state index in [1.54, 1.807) is 14.0 Å². The number of hydrogen-bond donors (Lipinski definition) is 1. The Morgan fingerprint density at radius 1 is 1.60 bits per heavy atom. The Morgan fingerprint density at radius 2 is 2.00 bits per heavy atom. The summed E-state index contributed by atoms with van der Waals surface area (Å²) in [6.07, 6.45) is 0.718. The number of nitrogens with zero attached hydrogens (tertiary/aromatic N) is 1. The van der Waals surface area contributed by atoms with Crippen LogP contribution in [0.5, 0.6) is 0 Å². The van der Waals surface area contributed by atoms with Crippen molar-refractivity contribution in [1.29, 1.82) is 0 Å². The van der Waals surface area contributed by atoms with Crippen LogP contribution in [0.1, 0.15) is 27.2 Å². The molecular formula is C7H15EuNO. The first kappa shape index (κ1) is 13.8. The van der Waals surface area contributed by atoms with Crippen LogP contribution in [0.3, 0.4) is 0 Å². The molecule has 0 saturated carbocycles. The largest absolute Gasteiger partial charge is 0.384 e. The van der Waals surface area contributed by atoms with Crippen LogP contribution in [-0.2, 0) is 0 Å². The van der Waals surface area contributed by atoms with E-state index in [1.807, 2.05) is 13.8 Å². The maximum atomic E-state index is 9.46. The van der Waals surface area contributed by atoms with E-state index in [0.29, 0.717) is 0 Å². The zero-order valence-corrected chi connectivity index (χ0v) is 9.40. The maximum absolute atomic E-state index is 9.46.